The molecule has 2 amide bonds. The fraction of sp³-hybridized carbons (Fsp3) is 0.483. The van der Waals surface area contributed by atoms with Gasteiger partial charge < -0.3 is 40.1 Å². The molecule has 7 N–H and O–H groups in total. The number of carbonyl (C=O) groups is 3. The van der Waals surface area contributed by atoms with E-state index < -0.39 is 5.97 Å². The summed E-state index contributed by atoms with van der Waals surface area (Å²) in [6.45, 7) is 3.61. The van der Waals surface area contributed by atoms with E-state index >= 15 is 0 Å². The van der Waals surface area contributed by atoms with Crippen molar-refractivity contribution in [2.45, 2.75) is 37.4 Å². The van der Waals surface area contributed by atoms with E-state index in [1.165, 1.54) is 7.11 Å². The topological polar surface area (TPSA) is 238 Å². The Morgan fingerprint density at radius 2 is 1.53 bits per heavy atom. The summed E-state index contributed by atoms with van der Waals surface area (Å²) in [6.07, 6.45) is 8.32. The van der Waals surface area contributed by atoms with Crippen molar-refractivity contribution in [2.75, 3.05) is 53.4 Å². The Bertz CT molecular complexity index is 1690. The maximum Gasteiger partial charge on any atom is 0.354 e. The second-order valence-corrected chi connectivity index (χ2v) is 14.6. The van der Waals surface area contributed by atoms with E-state index in [9.17, 15) is 14.4 Å². The van der Waals surface area contributed by atoms with Crippen LogP contribution in [0.2, 0.25) is 0 Å². The van der Waals surface area contributed by atoms with Crippen LogP contribution in [0.5, 0.6) is 0 Å². The van der Waals surface area contributed by atoms with Gasteiger partial charge in [0.15, 0.2) is 0 Å². The first-order chi connectivity index (χ1) is 23.6. The molecule has 0 spiro atoms. The first-order valence-electron chi connectivity index (χ1n) is 15.3. The molecule has 0 fully saturated rings. The zero-order valence-corrected chi connectivity index (χ0v) is 33.5. The number of carbonyl (C=O) groups excluding carboxylic acids is 3. The average molecular weight is 1020 g/mol. The van der Waals surface area contributed by atoms with Crippen molar-refractivity contribution < 1.29 is 19.1 Å². The molecule has 3 atom stereocenters. The third-order valence-electron chi connectivity index (χ3n) is 7.71. The molecular weight excluding hydrogens is 975 g/mol. The second-order valence-electron chi connectivity index (χ2n) is 10.9. The Balaban J connectivity index is 0.000000203. The Hall–Kier alpha value is -3.02. The van der Waals surface area contributed by atoms with E-state index in [0.29, 0.717) is 43.8 Å². The molecule has 0 saturated heterocycles. The van der Waals surface area contributed by atoms with Crippen LogP contribution < -0.4 is 31.5 Å². The minimum atomic E-state index is -0.442. The number of fused-ring (bicyclic) bond motifs is 2. The smallest absolute Gasteiger partial charge is 0.354 e. The summed E-state index contributed by atoms with van der Waals surface area (Å²) in [5, 5.41) is 16.2. The van der Waals surface area contributed by atoms with Crippen LogP contribution in [0.3, 0.4) is 0 Å². The zero-order valence-electron chi connectivity index (χ0n) is 27.0. The van der Waals surface area contributed by atoms with Crippen LogP contribution in [0.25, 0.3) is 0 Å². The van der Waals surface area contributed by atoms with E-state index in [-0.39, 0.29) is 24.4 Å². The van der Waals surface area contributed by atoms with Gasteiger partial charge in [0.05, 0.1) is 25.2 Å². The van der Waals surface area contributed by atoms with E-state index in [2.05, 4.69) is 115 Å². The molecule has 17 nitrogen and oxygen atoms in total. The summed E-state index contributed by atoms with van der Waals surface area (Å²) in [6, 6.07) is 6.04. The van der Waals surface area contributed by atoms with Gasteiger partial charge in [0.25, 0.3) is 11.8 Å². The highest BCUT2D eigenvalue weighted by atomic mass is 127. The highest BCUT2D eigenvalue weighted by Crippen LogP contribution is 2.24. The molecule has 0 aliphatic carbocycles. The largest absolute Gasteiger partial charge is 0.464 e. The number of amides is 2. The second kappa shape index (κ2) is 20.6. The van der Waals surface area contributed by atoms with Crippen LogP contribution in [0, 0.1) is 21.8 Å². The van der Waals surface area contributed by atoms with Crippen LogP contribution in [0.1, 0.15) is 68.9 Å². The third kappa shape index (κ3) is 11.5. The van der Waals surface area contributed by atoms with Crippen molar-refractivity contribution in [3.63, 3.8) is 0 Å². The molecule has 5 heterocycles. The van der Waals surface area contributed by atoms with Crippen molar-refractivity contribution in [1.29, 1.82) is 11.1 Å². The molecule has 2 aliphatic heterocycles. The maximum atomic E-state index is 11.7. The number of aromatic nitrogens is 3. The maximum absolute atomic E-state index is 11.7. The molecule has 0 bridgehead atoms. The number of ether oxygens (including phenoxy) is 1. The minimum absolute atomic E-state index is 0.0150. The first kappa shape index (κ1) is 40.4. The van der Waals surface area contributed by atoms with Gasteiger partial charge in [-0.3, -0.25) is 9.59 Å². The van der Waals surface area contributed by atoms with Crippen LogP contribution in [0.4, 0.5) is 0 Å². The number of nitrogens with zero attached hydrogens (tertiary/aromatic N) is 7. The highest BCUT2D eigenvalue weighted by molar-refractivity contribution is 14.1. The number of esters is 1. The lowest BCUT2D eigenvalue weighted by Crippen LogP contribution is -2.39. The standard InChI is InChI=1S/C10H14IN7O2.C10H14IN3O.C9H12IN3O/c1-20-10(19)9-4-7(11)6-18(9)8(5-15-17-13)2-3-14-16-12;1-12-3-2-8-5-13-10(15)9-4-7(11)6-14(8)9;10-6-3-8-9(14)12-4-7(1-2-11)13(8)5-6/h4,6,8,12-13H,2-3,5H2,1H3;4,6,8,12H,2-3,5H2,1H3,(H,13,15);3,5,7H,1-2,4,11H2,(H,12,14)/q+2;;/t2*8-;7-/m000/s1. The van der Waals surface area contributed by atoms with Gasteiger partial charge in [-0.1, -0.05) is 0 Å². The van der Waals surface area contributed by atoms with E-state index in [1.54, 1.807) is 16.8 Å². The van der Waals surface area contributed by atoms with Crippen LogP contribution >= 0.6 is 67.8 Å². The van der Waals surface area contributed by atoms with E-state index in [4.69, 9.17) is 21.5 Å². The fourth-order valence-electron chi connectivity index (χ4n) is 5.37. The number of methoxy groups -OCH3 is 1. The molecule has 3 aromatic heterocycles. The van der Waals surface area contributed by atoms with Crippen LogP contribution in [0.15, 0.2) is 47.0 Å². The van der Waals surface area contributed by atoms with Crippen molar-refractivity contribution in [3.05, 3.63) is 64.6 Å². The molecule has 5 rings (SSSR count). The quantitative estimate of drug-likeness (QED) is 0.0686. The van der Waals surface area contributed by atoms with Gasteiger partial charge in [-0.05, 0) is 125 Å². The molecule has 0 radical (unpaired) electrons. The van der Waals surface area contributed by atoms with Crippen LogP contribution in [-0.2, 0) is 4.74 Å². The lowest BCUT2D eigenvalue weighted by molar-refractivity contribution is 0.0585. The van der Waals surface area contributed by atoms with Gasteiger partial charge in [0.1, 0.15) is 51.5 Å². The third-order valence-corrected chi connectivity index (χ3v) is 9.48. The van der Waals surface area contributed by atoms with Crippen molar-refractivity contribution >= 4 is 85.6 Å². The predicted octanol–water partition coefficient (Wildman–Crippen LogP) is 3.62. The van der Waals surface area contributed by atoms with Crippen molar-refractivity contribution in [1.82, 2.24) is 39.5 Å². The summed E-state index contributed by atoms with van der Waals surface area (Å²) in [4.78, 5) is 40.7. The number of rotatable bonds is 12. The molecule has 0 saturated carbocycles. The number of nitrogens with one attached hydrogen (secondary N) is 5. The molecule has 264 valence electrons. The average Bonchev–Trinajstić information content (AvgIpc) is 3.80. The van der Waals surface area contributed by atoms with Gasteiger partial charge >= 0.3 is 5.97 Å². The van der Waals surface area contributed by atoms with Crippen molar-refractivity contribution in [2.24, 2.45) is 16.0 Å². The Morgan fingerprint density at radius 3 is 2.04 bits per heavy atom. The van der Waals surface area contributed by atoms with Gasteiger partial charge in [0.2, 0.25) is 9.82 Å². The van der Waals surface area contributed by atoms with Gasteiger partial charge in [0, 0.05) is 42.4 Å². The van der Waals surface area contributed by atoms with E-state index in [1.807, 2.05) is 29.9 Å². The number of hydrogen-bond donors (Lipinski definition) is 6. The Morgan fingerprint density at radius 1 is 0.980 bits per heavy atom. The zero-order chi connectivity index (χ0) is 35.9. The first-order valence-corrected chi connectivity index (χ1v) is 18.5. The number of hydrogen-bond acceptors (Lipinski definition) is 10. The normalized spacial score (nSPS) is 16.4. The van der Waals surface area contributed by atoms with Gasteiger partial charge in [-0.15, -0.1) is 0 Å². The summed E-state index contributed by atoms with van der Waals surface area (Å²) >= 11 is 6.56. The Labute approximate surface area is 324 Å². The summed E-state index contributed by atoms with van der Waals surface area (Å²) in [5.41, 5.74) is 20.8. The monoisotopic (exact) mass is 1020 g/mol. The summed E-state index contributed by atoms with van der Waals surface area (Å²) in [5.74, 6) is -0.386. The molecule has 2 aliphatic rings. The summed E-state index contributed by atoms with van der Waals surface area (Å²) < 4.78 is 13.7. The van der Waals surface area contributed by atoms with Crippen LogP contribution in [-0.4, -0.2) is 84.9 Å². The predicted molar refractivity (Wildman–Crippen MR) is 206 cm³/mol. The lowest BCUT2D eigenvalue weighted by Gasteiger charge is -2.26. The van der Waals surface area contributed by atoms with Crippen molar-refractivity contribution in [3.8, 4) is 0 Å². The molecule has 0 unspecified atom stereocenters. The number of nitrogens with two attached hydrogens (primary N) is 1. The highest BCUT2D eigenvalue weighted by Gasteiger charge is 2.26. The minimum Gasteiger partial charge on any atom is -0.464 e. The number of halogens is 3. The Kier molecular flexibility index (Phi) is 17.0. The molecule has 0 aromatic carbocycles. The molecule has 20 heteroatoms. The molecule has 3 aromatic rings. The summed E-state index contributed by atoms with van der Waals surface area (Å²) in [7, 11) is 3.26. The SMILES string of the molecule is CNCC[C@H]1CNC(=O)c2cc(I)cn21.COC(=O)c1cc(I)cn1[C@@H](CCN=[N+]=N)CN=[N+]=N.NCC[C@H]1CNC(=O)c2cc(I)cn21. The lowest BCUT2D eigenvalue weighted by atomic mass is 10.1. The van der Waals surface area contributed by atoms with Gasteiger partial charge in [-0.2, -0.15) is 0 Å². The fourth-order valence-corrected chi connectivity index (χ4v) is 7.16. The molecule has 49 heavy (non-hydrogen) atoms. The van der Waals surface area contributed by atoms with Gasteiger partial charge in [-0.25, -0.2) is 4.79 Å². The van der Waals surface area contributed by atoms with E-state index in [0.717, 1.165) is 48.0 Å². The molecular formula is C29H40I3N13O4+2.